The van der Waals surface area contributed by atoms with Crippen LogP contribution in [0.15, 0.2) is 58.3 Å². The van der Waals surface area contributed by atoms with Gasteiger partial charge >= 0.3 is 0 Å². The van der Waals surface area contributed by atoms with Crippen LogP contribution in [0.5, 0.6) is 0 Å². The van der Waals surface area contributed by atoms with Crippen molar-refractivity contribution in [1.29, 1.82) is 5.26 Å². The van der Waals surface area contributed by atoms with Gasteiger partial charge in [0.05, 0.1) is 6.21 Å². The van der Waals surface area contributed by atoms with Crippen LogP contribution in [0, 0.1) is 18.3 Å². The molecule has 1 N–H and O–H groups in total. The summed E-state index contributed by atoms with van der Waals surface area (Å²) in [5, 5.41) is 13.2. The maximum atomic E-state index is 9.17. The molecule has 0 amide bonds. The molecular formula is C17H13N5O. The monoisotopic (exact) mass is 303 g/mol. The topological polar surface area (TPSA) is 87.1 Å². The molecule has 2 heterocycles. The SMILES string of the molecule is Cc1ccc(-c2nc(C#N)c(N/N=C/c3ccncc3)o2)cc1. The van der Waals surface area contributed by atoms with Crippen LogP contribution < -0.4 is 5.43 Å². The highest BCUT2D eigenvalue weighted by atomic mass is 16.4. The lowest BCUT2D eigenvalue weighted by Crippen LogP contribution is -1.91. The molecular weight excluding hydrogens is 290 g/mol. The number of hydrogen-bond acceptors (Lipinski definition) is 6. The van der Waals surface area contributed by atoms with Crippen LogP contribution in [-0.4, -0.2) is 16.2 Å². The number of nitrogens with zero attached hydrogens (tertiary/aromatic N) is 4. The van der Waals surface area contributed by atoms with Gasteiger partial charge in [-0.05, 0) is 36.8 Å². The molecule has 0 aliphatic heterocycles. The van der Waals surface area contributed by atoms with E-state index in [0.29, 0.717) is 5.89 Å². The van der Waals surface area contributed by atoms with Gasteiger partial charge in [0.25, 0.3) is 5.88 Å². The molecule has 6 heteroatoms. The number of pyridine rings is 1. The Balaban J connectivity index is 1.81. The van der Waals surface area contributed by atoms with Crippen LogP contribution in [0.3, 0.4) is 0 Å². The van der Waals surface area contributed by atoms with E-state index in [1.54, 1.807) is 18.6 Å². The smallest absolute Gasteiger partial charge is 0.252 e. The van der Waals surface area contributed by atoms with Crippen LogP contribution >= 0.6 is 0 Å². The molecule has 0 atom stereocenters. The van der Waals surface area contributed by atoms with E-state index < -0.39 is 0 Å². The lowest BCUT2D eigenvalue weighted by atomic mass is 10.1. The van der Waals surface area contributed by atoms with Crippen molar-refractivity contribution < 1.29 is 4.42 Å². The van der Waals surface area contributed by atoms with E-state index in [1.807, 2.05) is 49.4 Å². The Labute approximate surface area is 133 Å². The van der Waals surface area contributed by atoms with Crippen molar-refractivity contribution in [2.45, 2.75) is 6.92 Å². The van der Waals surface area contributed by atoms with Crippen molar-refractivity contribution in [3.63, 3.8) is 0 Å². The number of oxazole rings is 1. The minimum Gasteiger partial charge on any atom is -0.417 e. The molecule has 23 heavy (non-hydrogen) atoms. The molecule has 3 rings (SSSR count). The molecule has 1 aromatic carbocycles. The van der Waals surface area contributed by atoms with Crippen LogP contribution in [-0.2, 0) is 0 Å². The second-order valence-electron chi connectivity index (χ2n) is 4.83. The maximum absolute atomic E-state index is 9.17. The second-order valence-corrected chi connectivity index (χ2v) is 4.83. The van der Waals surface area contributed by atoms with Crippen molar-refractivity contribution in [1.82, 2.24) is 9.97 Å². The van der Waals surface area contributed by atoms with Crippen LogP contribution in [0.2, 0.25) is 0 Å². The third-order valence-electron chi connectivity index (χ3n) is 3.12. The second kappa shape index (κ2) is 6.54. The highest BCUT2D eigenvalue weighted by molar-refractivity contribution is 5.79. The molecule has 0 bridgehead atoms. The summed E-state index contributed by atoms with van der Waals surface area (Å²) in [6.07, 6.45) is 4.95. The normalized spacial score (nSPS) is 10.6. The van der Waals surface area contributed by atoms with Gasteiger partial charge in [-0.2, -0.15) is 15.3 Å². The van der Waals surface area contributed by atoms with Crippen molar-refractivity contribution >= 4 is 12.1 Å². The summed E-state index contributed by atoms with van der Waals surface area (Å²) in [4.78, 5) is 8.11. The van der Waals surface area contributed by atoms with Crippen LogP contribution in [0.25, 0.3) is 11.5 Å². The molecule has 0 saturated heterocycles. The molecule has 112 valence electrons. The highest BCUT2D eigenvalue weighted by Crippen LogP contribution is 2.25. The molecule has 0 radical (unpaired) electrons. The lowest BCUT2D eigenvalue weighted by molar-refractivity contribution is 0.587. The number of hydrogen-bond donors (Lipinski definition) is 1. The van der Waals surface area contributed by atoms with Gasteiger partial charge in [0.1, 0.15) is 6.07 Å². The van der Waals surface area contributed by atoms with E-state index >= 15 is 0 Å². The van der Waals surface area contributed by atoms with Gasteiger partial charge in [0.15, 0.2) is 0 Å². The van der Waals surface area contributed by atoms with Crippen molar-refractivity contribution in [2.24, 2.45) is 5.10 Å². The first kappa shape index (κ1) is 14.5. The van der Waals surface area contributed by atoms with E-state index in [1.165, 1.54) is 0 Å². The van der Waals surface area contributed by atoms with E-state index in [0.717, 1.165) is 16.7 Å². The number of aryl methyl sites for hydroxylation is 1. The average Bonchev–Trinajstić information content (AvgIpc) is 3.00. The lowest BCUT2D eigenvalue weighted by Gasteiger charge is -1.96. The van der Waals surface area contributed by atoms with Gasteiger partial charge in [-0.3, -0.25) is 4.98 Å². The number of rotatable bonds is 4. The molecule has 6 nitrogen and oxygen atoms in total. The number of nitrogens with one attached hydrogen (secondary N) is 1. The first-order chi connectivity index (χ1) is 11.3. The Kier molecular flexibility index (Phi) is 4.11. The van der Waals surface area contributed by atoms with Gasteiger partial charge in [-0.25, -0.2) is 5.43 Å². The molecule has 0 aliphatic carbocycles. The molecule has 0 aliphatic rings. The van der Waals surface area contributed by atoms with Crippen molar-refractivity contribution in [3.8, 4) is 17.5 Å². The summed E-state index contributed by atoms with van der Waals surface area (Å²) in [6, 6.07) is 13.3. The zero-order valence-corrected chi connectivity index (χ0v) is 12.4. The third-order valence-corrected chi connectivity index (χ3v) is 3.12. The Morgan fingerprint density at radius 3 is 2.61 bits per heavy atom. The first-order valence-electron chi connectivity index (χ1n) is 6.93. The largest absolute Gasteiger partial charge is 0.417 e. The first-order valence-corrected chi connectivity index (χ1v) is 6.93. The molecule has 2 aromatic heterocycles. The quantitative estimate of drug-likeness (QED) is 0.590. The number of hydrazone groups is 1. The summed E-state index contributed by atoms with van der Waals surface area (Å²) in [7, 11) is 0. The minimum atomic E-state index is 0.160. The Bertz CT molecular complexity index is 860. The summed E-state index contributed by atoms with van der Waals surface area (Å²) in [6.45, 7) is 2.00. The number of aromatic nitrogens is 2. The maximum Gasteiger partial charge on any atom is 0.252 e. The Hall–Kier alpha value is -3.46. The predicted octanol–water partition coefficient (Wildman–Crippen LogP) is 3.36. The molecule has 0 saturated carbocycles. The Morgan fingerprint density at radius 1 is 1.17 bits per heavy atom. The van der Waals surface area contributed by atoms with E-state index in [2.05, 4.69) is 20.5 Å². The fourth-order valence-corrected chi connectivity index (χ4v) is 1.91. The standard InChI is InChI=1S/C17H13N5O/c1-12-2-4-14(5-3-12)16-21-15(10-18)17(23-16)22-20-11-13-6-8-19-9-7-13/h2-9,11,22H,1H3/b20-11+. The van der Waals surface area contributed by atoms with E-state index in [4.69, 9.17) is 9.68 Å². The van der Waals surface area contributed by atoms with Crippen molar-refractivity contribution in [2.75, 3.05) is 5.43 Å². The zero-order chi connectivity index (χ0) is 16.1. The summed E-state index contributed by atoms with van der Waals surface area (Å²) in [5.41, 5.74) is 5.69. The van der Waals surface area contributed by atoms with Crippen LogP contribution in [0.1, 0.15) is 16.8 Å². The average molecular weight is 303 g/mol. The summed E-state index contributed by atoms with van der Waals surface area (Å²) in [5.74, 6) is 0.594. The molecule has 3 aromatic rings. The van der Waals surface area contributed by atoms with Gasteiger partial charge in [0, 0.05) is 18.0 Å². The molecule has 0 unspecified atom stereocenters. The van der Waals surface area contributed by atoms with Gasteiger partial charge in [-0.15, -0.1) is 0 Å². The highest BCUT2D eigenvalue weighted by Gasteiger charge is 2.13. The van der Waals surface area contributed by atoms with Crippen LogP contribution in [0.4, 0.5) is 5.88 Å². The van der Waals surface area contributed by atoms with E-state index in [9.17, 15) is 0 Å². The fourth-order valence-electron chi connectivity index (χ4n) is 1.91. The van der Waals surface area contributed by atoms with E-state index in [-0.39, 0.29) is 11.6 Å². The minimum absolute atomic E-state index is 0.160. The predicted molar refractivity (Wildman–Crippen MR) is 86.8 cm³/mol. The zero-order valence-electron chi connectivity index (χ0n) is 12.4. The summed E-state index contributed by atoms with van der Waals surface area (Å²) >= 11 is 0. The number of anilines is 1. The van der Waals surface area contributed by atoms with Crippen molar-refractivity contribution in [3.05, 3.63) is 65.6 Å². The van der Waals surface area contributed by atoms with Gasteiger partial charge in [-0.1, -0.05) is 17.7 Å². The van der Waals surface area contributed by atoms with Gasteiger partial charge < -0.3 is 4.42 Å². The summed E-state index contributed by atoms with van der Waals surface area (Å²) < 4.78 is 5.60. The third kappa shape index (κ3) is 3.41. The van der Waals surface area contributed by atoms with Gasteiger partial charge in [0.2, 0.25) is 11.6 Å². The Morgan fingerprint density at radius 2 is 1.91 bits per heavy atom. The molecule has 0 fully saturated rings. The fraction of sp³-hybridized carbons (Fsp3) is 0.0588. The number of nitriles is 1. The molecule has 0 spiro atoms. The number of benzene rings is 1.